The molecule has 3 heteroatoms. The highest BCUT2D eigenvalue weighted by Crippen LogP contribution is 2.33. The van der Waals surface area contributed by atoms with Crippen LogP contribution in [-0.4, -0.2) is 29.9 Å². The lowest BCUT2D eigenvalue weighted by molar-refractivity contribution is 0.0755. The number of aliphatic hydroxyl groups is 1. The second-order valence-corrected chi connectivity index (χ2v) is 6.18. The van der Waals surface area contributed by atoms with Crippen LogP contribution in [0, 0.1) is 6.92 Å². The average Bonchev–Trinajstić information content (AvgIpc) is 2.87. The fourth-order valence-electron chi connectivity index (χ4n) is 2.94. The third kappa shape index (κ3) is 3.53. The van der Waals surface area contributed by atoms with E-state index < -0.39 is 6.10 Å². The molecule has 2 N–H and O–H groups in total. The molecule has 112 valence electrons. The molecule has 2 atom stereocenters. The van der Waals surface area contributed by atoms with Gasteiger partial charge >= 0.3 is 0 Å². The first-order chi connectivity index (χ1) is 9.49. The van der Waals surface area contributed by atoms with Gasteiger partial charge in [-0.3, -0.25) is 0 Å². The molecule has 0 aliphatic heterocycles. The summed E-state index contributed by atoms with van der Waals surface area (Å²) in [5.41, 5.74) is 4.16. The van der Waals surface area contributed by atoms with Gasteiger partial charge in [0.15, 0.2) is 0 Å². The Kier molecular flexibility index (Phi) is 5.06. The van der Waals surface area contributed by atoms with Crippen LogP contribution in [0.1, 0.15) is 43.9 Å². The molecule has 0 saturated carbocycles. The van der Waals surface area contributed by atoms with E-state index >= 15 is 0 Å². The Labute approximate surface area is 122 Å². The molecule has 1 aromatic carbocycles. The molecule has 0 saturated heterocycles. The number of hydrogen-bond acceptors (Lipinski definition) is 3. The van der Waals surface area contributed by atoms with E-state index in [-0.39, 0.29) is 6.04 Å². The Hall–Kier alpha value is -1.06. The van der Waals surface area contributed by atoms with Gasteiger partial charge in [0.25, 0.3) is 0 Å². The molecule has 0 heterocycles. The summed E-state index contributed by atoms with van der Waals surface area (Å²) < 4.78 is 5.88. The molecule has 1 aliphatic carbocycles. The van der Waals surface area contributed by atoms with Crippen molar-refractivity contribution in [3.05, 3.63) is 28.8 Å². The third-order valence-electron chi connectivity index (χ3n) is 4.06. The summed E-state index contributed by atoms with van der Waals surface area (Å²) in [7, 11) is 0. The summed E-state index contributed by atoms with van der Waals surface area (Å²) in [5.74, 6) is 0.957. The number of benzene rings is 1. The summed E-state index contributed by atoms with van der Waals surface area (Å²) in [6, 6.07) is 4.57. The molecule has 2 unspecified atom stereocenters. The van der Waals surface area contributed by atoms with Crippen molar-refractivity contribution in [3.63, 3.8) is 0 Å². The zero-order chi connectivity index (χ0) is 14.7. The highest BCUT2D eigenvalue weighted by Gasteiger charge is 2.20. The van der Waals surface area contributed by atoms with Gasteiger partial charge in [-0.2, -0.15) is 0 Å². The molecule has 0 amide bonds. The lowest BCUT2D eigenvalue weighted by Crippen LogP contribution is -2.43. The van der Waals surface area contributed by atoms with E-state index in [1.807, 2.05) is 13.0 Å². The quantitative estimate of drug-likeness (QED) is 0.839. The second kappa shape index (κ2) is 6.59. The Balaban J connectivity index is 1.96. The standard InChI is InChI=1S/C17H27NO2/c1-11(2)18-13(4)16(19)10-20-17-9-8-12(3)14-6-5-7-15(14)17/h8-9,11,13,16,18-19H,5-7,10H2,1-4H3/i11-1. The normalized spacial score (nSPS) is 17.1. The number of fused-ring (bicyclic) bond motifs is 1. The van der Waals surface area contributed by atoms with Crippen LogP contribution in [0.4, 0.5) is 0 Å². The van der Waals surface area contributed by atoms with Crippen LogP contribution >= 0.6 is 0 Å². The van der Waals surface area contributed by atoms with Gasteiger partial charge in [-0.25, -0.2) is 0 Å². The van der Waals surface area contributed by atoms with E-state index in [0.29, 0.717) is 12.6 Å². The minimum Gasteiger partial charge on any atom is -0.491 e. The summed E-state index contributed by atoms with van der Waals surface area (Å²) in [6.07, 6.45) is 2.98. The lowest BCUT2D eigenvalue weighted by atomic mass is 9.80. The molecule has 1 aromatic rings. The Morgan fingerprint density at radius 2 is 1.90 bits per heavy atom. The van der Waals surface area contributed by atoms with E-state index in [4.69, 9.17) is 4.74 Å². The van der Waals surface area contributed by atoms with Gasteiger partial charge in [0.2, 0.25) is 0 Å². The third-order valence-corrected chi connectivity index (χ3v) is 4.06. The maximum atomic E-state index is 10.1. The van der Waals surface area contributed by atoms with Gasteiger partial charge in [-0.1, -0.05) is 19.9 Å². The minimum atomic E-state index is -0.490. The van der Waals surface area contributed by atoms with Crippen LogP contribution in [-0.2, 0) is 12.8 Å². The SMILES string of the molecule is Cc1ccc(OCC(O)C(C)N[11CH](C)C)c2c1CCC2. The number of aryl methyl sites for hydroxylation is 1. The Bertz CT molecular complexity index is 457. The molecule has 1 aliphatic rings. The summed E-state index contributed by atoms with van der Waals surface area (Å²) in [4.78, 5) is 0. The van der Waals surface area contributed by atoms with Gasteiger partial charge in [-0.05, 0) is 55.9 Å². The molecule has 0 fully saturated rings. The van der Waals surface area contributed by atoms with Crippen molar-refractivity contribution in [2.24, 2.45) is 0 Å². The largest absolute Gasteiger partial charge is 0.491 e. The summed E-state index contributed by atoms with van der Waals surface area (Å²) in [6.45, 7) is 8.66. The minimum absolute atomic E-state index is 0.0356. The van der Waals surface area contributed by atoms with E-state index in [9.17, 15) is 5.11 Å². The van der Waals surface area contributed by atoms with E-state index in [1.165, 1.54) is 23.1 Å². The first kappa shape index (κ1) is 15.3. The number of hydrogen-bond donors (Lipinski definition) is 2. The van der Waals surface area contributed by atoms with Crippen molar-refractivity contribution in [2.75, 3.05) is 6.61 Å². The van der Waals surface area contributed by atoms with Crippen molar-refractivity contribution in [1.82, 2.24) is 5.32 Å². The topological polar surface area (TPSA) is 41.5 Å². The molecule has 0 bridgehead atoms. The fraction of sp³-hybridized carbons (Fsp3) is 0.647. The van der Waals surface area contributed by atoms with Gasteiger partial charge in [0, 0.05) is 12.1 Å². The first-order valence-corrected chi connectivity index (χ1v) is 7.67. The molecule has 2 rings (SSSR count). The number of aliphatic hydroxyl groups excluding tert-OH is 1. The number of rotatable bonds is 6. The van der Waals surface area contributed by atoms with Crippen molar-refractivity contribution in [3.8, 4) is 5.75 Å². The monoisotopic (exact) mass is 276 g/mol. The zero-order valence-electron chi connectivity index (χ0n) is 13.1. The molecule has 0 aromatic heterocycles. The van der Waals surface area contributed by atoms with Crippen LogP contribution < -0.4 is 10.1 Å². The first-order valence-electron chi connectivity index (χ1n) is 7.67. The maximum Gasteiger partial charge on any atom is 0.122 e. The van der Waals surface area contributed by atoms with Crippen molar-refractivity contribution >= 4 is 0 Å². The molecule has 0 radical (unpaired) electrons. The van der Waals surface area contributed by atoms with Gasteiger partial charge in [0.1, 0.15) is 18.5 Å². The van der Waals surface area contributed by atoms with E-state index in [2.05, 4.69) is 32.2 Å². The Morgan fingerprint density at radius 1 is 1.20 bits per heavy atom. The van der Waals surface area contributed by atoms with Crippen molar-refractivity contribution in [1.29, 1.82) is 0 Å². The van der Waals surface area contributed by atoms with Gasteiger partial charge in [0.05, 0.1) is 0 Å². The molecular weight excluding hydrogens is 249 g/mol. The van der Waals surface area contributed by atoms with Crippen LogP contribution in [0.25, 0.3) is 0 Å². The average molecular weight is 276 g/mol. The molecule has 0 spiro atoms. The summed E-state index contributed by atoms with van der Waals surface area (Å²) in [5, 5.41) is 13.5. The van der Waals surface area contributed by atoms with Crippen molar-refractivity contribution < 1.29 is 9.84 Å². The molecule has 3 nitrogen and oxygen atoms in total. The van der Waals surface area contributed by atoms with E-state index in [0.717, 1.165) is 18.6 Å². The maximum absolute atomic E-state index is 10.1. The van der Waals surface area contributed by atoms with Gasteiger partial charge < -0.3 is 15.2 Å². The van der Waals surface area contributed by atoms with Crippen molar-refractivity contribution in [2.45, 2.75) is 65.1 Å². The predicted molar refractivity (Wildman–Crippen MR) is 82.4 cm³/mol. The fourth-order valence-corrected chi connectivity index (χ4v) is 2.94. The smallest absolute Gasteiger partial charge is 0.122 e. The Morgan fingerprint density at radius 3 is 2.60 bits per heavy atom. The van der Waals surface area contributed by atoms with Gasteiger partial charge in [-0.15, -0.1) is 0 Å². The molecule has 20 heavy (non-hydrogen) atoms. The lowest BCUT2D eigenvalue weighted by Gasteiger charge is -2.23. The van der Waals surface area contributed by atoms with Crippen LogP contribution in [0.15, 0.2) is 12.1 Å². The number of nitrogens with one attached hydrogen (secondary N) is 1. The second-order valence-electron chi connectivity index (χ2n) is 6.18. The predicted octanol–water partition coefficient (Wildman–Crippen LogP) is 2.61. The summed E-state index contributed by atoms with van der Waals surface area (Å²) >= 11 is 0. The van der Waals surface area contributed by atoms with E-state index in [1.54, 1.807) is 0 Å². The zero-order valence-corrected chi connectivity index (χ0v) is 13.1. The highest BCUT2D eigenvalue weighted by atomic mass is 16.5. The van der Waals surface area contributed by atoms with Crippen LogP contribution in [0.2, 0.25) is 0 Å². The van der Waals surface area contributed by atoms with Crippen LogP contribution in [0.3, 0.4) is 0 Å². The number of ether oxygens (including phenoxy) is 1. The molecular formula is C17H27NO2. The van der Waals surface area contributed by atoms with Crippen LogP contribution in [0.5, 0.6) is 5.75 Å². The highest BCUT2D eigenvalue weighted by molar-refractivity contribution is 5.47.